The van der Waals surface area contributed by atoms with Gasteiger partial charge in [0.05, 0.1) is 6.10 Å². The number of rotatable bonds is 3. The van der Waals surface area contributed by atoms with E-state index in [1.807, 2.05) is 24.7 Å². The van der Waals surface area contributed by atoms with Gasteiger partial charge in [-0.2, -0.15) is 0 Å². The van der Waals surface area contributed by atoms with Crippen LogP contribution in [0.4, 0.5) is 5.82 Å². The normalized spacial score (nSPS) is 23.7. The van der Waals surface area contributed by atoms with Crippen molar-refractivity contribution < 1.29 is 5.11 Å². The number of aliphatic hydroxyl groups excluding tert-OH is 1. The molecule has 2 aromatic heterocycles. The maximum atomic E-state index is 9.94. The highest BCUT2D eigenvalue weighted by molar-refractivity contribution is 5.64. The molecule has 0 aromatic carbocycles. The Balaban J connectivity index is 1.97. The van der Waals surface area contributed by atoms with Crippen molar-refractivity contribution in [3.63, 3.8) is 0 Å². The lowest BCUT2D eigenvalue weighted by atomic mass is 10.2. The summed E-state index contributed by atoms with van der Waals surface area (Å²) in [5.41, 5.74) is 0.736. The molecule has 102 valence electrons. The van der Waals surface area contributed by atoms with Crippen molar-refractivity contribution in [2.45, 2.75) is 18.6 Å². The third-order valence-corrected chi connectivity index (χ3v) is 3.44. The fraction of sp³-hybridized carbons (Fsp3) is 0.583. The molecule has 3 rings (SSSR count). The molecule has 0 aliphatic carbocycles. The van der Waals surface area contributed by atoms with Gasteiger partial charge in [-0.05, 0) is 20.5 Å². The van der Waals surface area contributed by atoms with Gasteiger partial charge in [0, 0.05) is 31.5 Å². The lowest BCUT2D eigenvalue weighted by Gasteiger charge is -2.27. The Kier molecular flexibility index (Phi) is 3.08. The van der Waals surface area contributed by atoms with Gasteiger partial charge in [0.1, 0.15) is 6.33 Å². The Labute approximate surface area is 111 Å². The number of aliphatic hydroxyl groups is 1. The van der Waals surface area contributed by atoms with Gasteiger partial charge < -0.3 is 14.9 Å². The van der Waals surface area contributed by atoms with Gasteiger partial charge in [0.25, 0.3) is 0 Å². The number of β-amino-alcohol motifs (C(OH)–C–C–N with tert-alkyl or cyclic N) is 1. The first-order valence-electron chi connectivity index (χ1n) is 6.39. The van der Waals surface area contributed by atoms with E-state index in [0.29, 0.717) is 6.54 Å². The fourth-order valence-corrected chi connectivity index (χ4v) is 2.69. The van der Waals surface area contributed by atoms with Crippen LogP contribution in [0.2, 0.25) is 0 Å². The van der Waals surface area contributed by atoms with Gasteiger partial charge in [-0.25, -0.2) is 4.98 Å². The summed E-state index contributed by atoms with van der Waals surface area (Å²) in [7, 11) is 4.07. The molecule has 19 heavy (non-hydrogen) atoms. The molecule has 1 fully saturated rings. The molecular formula is C12H18N6O. The van der Waals surface area contributed by atoms with E-state index in [4.69, 9.17) is 0 Å². The second kappa shape index (κ2) is 4.75. The number of nitrogens with zero attached hydrogens (tertiary/aromatic N) is 6. The Bertz CT molecular complexity index is 568. The molecule has 2 atom stereocenters. The molecule has 0 saturated carbocycles. The molecule has 1 aliphatic rings. The van der Waals surface area contributed by atoms with E-state index >= 15 is 0 Å². The summed E-state index contributed by atoms with van der Waals surface area (Å²) in [5.74, 6) is 0.795. The Morgan fingerprint density at radius 3 is 3.11 bits per heavy atom. The van der Waals surface area contributed by atoms with E-state index in [2.05, 4.69) is 25.0 Å². The maximum Gasteiger partial charge on any atom is 0.203 e. The Morgan fingerprint density at radius 2 is 2.32 bits per heavy atom. The highest BCUT2D eigenvalue weighted by atomic mass is 16.3. The summed E-state index contributed by atoms with van der Waals surface area (Å²) >= 11 is 0. The number of hydrogen-bond acceptors (Lipinski definition) is 6. The van der Waals surface area contributed by atoms with Gasteiger partial charge in [0.15, 0.2) is 5.82 Å². The predicted octanol–water partition coefficient (Wildman–Crippen LogP) is -0.374. The van der Waals surface area contributed by atoms with Crippen LogP contribution in [0.25, 0.3) is 5.65 Å². The van der Waals surface area contributed by atoms with Crippen LogP contribution in [0, 0.1) is 0 Å². The SMILES string of the molecule is CN(C)CC1CC(O)CN1c1nccn2cnnc12. The van der Waals surface area contributed by atoms with E-state index in [0.717, 1.165) is 24.4 Å². The van der Waals surface area contributed by atoms with Crippen LogP contribution in [0.15, 0.2) is 18.7 Å². The molecule has 0 bridgehead atoms. The zero-order chi connectivity index (χ0) is 13.4. The summed E-state index contributed by atoms with van der Waals surface area (Å²) in [4.78, 5) is 8.68. The van der Waals surface area contributed by atoms with Crippen LogP contribution in [-0.2, 0) is 0 Å². The maximum absolute atomic E-state index is 9.94. The minimum absolute atomic E-state index is 0.250. The molecule has 2 aromatic rings. The molecule has 0 amide bonds. The van der Waals surface area contributed by atoms with Crippen molar-refractivity contribution in [3.05, 3.63) is 18.7 Å². The predicted molar refractivity (Wildman–Crippen MR) is 71.1 cm³/mol. The van der Waals surface area contributed by atoms with Crippen LogP contribution in [0.5, 0.6) is 0 Å². The van der Waals surface area contributed by atoms with Crippen molar-refractivity contribution >= 4 is 11.5 Å². The first kappa shape index (κ1) is 12.3. The first-order valence-corrected chi connectivity index (χ1v) is 6.39. The second-order valence-electron chi connectivity index (χ2n) is 5.27. The molecule has 1 N–H and O–H groups in total. The number of aromatic nitrogens is 4. The summed E-state index contributed by atoms with van der Waals surface area (Å²) in [5, 5.41) is 18.0. The molecule has 2 unspecified atom stereocenters. The molecule has 0 spiro atoms. The minimum Gasteiger partial charge on any atom is -0.391 e. The smallest absolute Gasteiger partial charge is 0.203 e. The van der Waals surface area contributed by atoms with Crippen molar-refractivity contribution in [2.24, 2.45) is 0 Å². The van der Waals surface area contributed by atoms with Crippen LogP contribution in [-0.4, -0.2) is 68.9 Å². The zero-order valence-electron chi connectivity index (χ0n) is 11.1. The molecule has 7 nitrogen and oxygen atoms in total. The average molecular weight is 262 g/mol. The third-order valence-electron chi connectivity index (χ3n) is 3.44. The molecule has 1 aliphatic heterocycles. The first-order chi connectivity index (χ1) is 9.15. The van der Waals surface area contributed by atoms with Crippen LogP contribution in [0.3, 0.4) is 0 Å². The van der Waals surface area contributed by atoms with Crippen molar-refractivity contribution in [3.8, 4) is 0 Å². The monoisotopic (exact) mass is 262 g/mol. The average Bonchev–Trinajstić information content (AvgIpc) is 2.94. The van der Waals surface area contributed by atoms with E-state index in [9.17, 15) is 5.11 Å². The highest BCUT2D eigenvalue weighted by Gasteiger charge is 2.33. The van der Waals surface area contributed by atoms with E-state index in [-0.39, 0.29) is 12.1 Å². The molecule has 7 heteroatoms. The number of fused-ring (bicyclic) bond motifs is 1. The molecule has 0 radical (unpaired) electrons. The van der Waals surface area contributed by atoms with E-state index < -0.39 is 0 Å². The van der Waals surface area contributed by atoms with E-state index in [1.165, 1.54) is 0 Å². The minimum atomic E-state index is -0.310. The van der Waals surface area contributed by atoms with Gasteiger partial charge in [0.2, 0.25) is 5.65 Å². The largest absolute Gasteiger partial charge is 0.391 e. The summed E-state index contributed by atoms with van der Waals surface area (Å²) in [6, 6.07) is 0.250. The van der Waals surface area contributed by atoms with Gasteiger partial charge >= 0.3 is 0 Å². The van der Waals surface area contributed by atoms with E-state index in [1.54, 1.807) is 12.5 Å². The highest BCUT2D eigenvalue weighted by Crippen LogP contribution is 2.26. The lowest BCUT2D eigenvalue weighted by molar-refractivity contribution is 0.191. The Morgan fingerprint density at radius 1 is 1.47 bits per heavy atom. The quantitative estimate of drug-likeness (QED) is 0.813. The molecular weight excluding hydrogens is 244 g/mol. The van der Waals surface area contributed by atoms with Crippen molar-refractivity contribution in [1.82, 2.24) is 24.5 Å². The summed E-state index contributed by atoms with van der Waals surface area (Å²) in [6.07, 6.45) is 5.67. The zero-order valence-corrected chi connectivity index (χ0v) is 11.1. The fourth-order valence-electron chi connectivity index (χ4n) is 2.69. The number of anilines is 1. The van der Waals surface area contributed by atoms with Gasteiger partial charge in [-0.15, -0.1) is 10.2 Å². The van der Waals surface area contributed by atoms with Crippen LogP contribution >= 0.6 is 0 Å². The van der Waals surface area contributed by atoms with Crippen LogP contribution in [0.1, 0.15) is 6.42 Å². The molecule has 3 heterocycles. The summed E-state index contributed by atoms with van der Waals surface area (Å²) < 4.78 is 1.85. The Hall–Kier alpha value is -1.73. The summed E-state index contributed by atoms with van der Waals surface area (Å²) in [6.45, 7) is 1.48. The van der Waals surface area contributed by atoms with Crippen molar-refractivity contribution in [1.29, 1.82) is 0 Å². The topological polar surface area (TPSA) is 69.8 Å². The van der Waals surface area contributed by atoms with Gasteiger partial charge in [-0.1, -0.05) is 0 Å². The third kappa shape index (κ3) is 2.26. The second-order valence-corrected chi connectivity index (χ2v) is 5.27. The standard InChI is InChI=1S/C12H18N6O/c1-16(2)6-9-5-10(19)7-18(9)11-12-15-14-8-17(12)4-3-13-11/h3-4,8-10,19H,5-7H2,1-2H3. The number of likely N-dealkylation sites (N-methyl/N-ethyl adjacent to an activating group) is 1. The van der Waals surface area contributed by atoms with Gasteiger partial charge in [-0.3, -0.25) is 4.40 Å². The van der Waals surface area contributed by atoms with Crippen molar-refractivity contribution in [2.75, 3.05) is 32.1 Å². The lowest BCUT2D eigenvalue weighted by Crippen LogP contribution is -2.38. The number of hydrogen-bond donors (Lipinski definition) is 1. The van der Waals surface area contributed by atoms with Crippen LogP contribution < -0.4 is 4.90 Å². The molecule has 1 saturated heterocycles.